The van der Waals surface area contributed by atoms with Crippen LogP contribution in [0.3, 0.4) is 0 Å². The highest BCUT2D eigenvalue weighted by Gasteiger charge is 2.18. The summed E-state index contributed by atoms with van der Waals surface area (Å²) in [6.07, 6.45) is 1.24. The van der Waals surface area contributed by atoms with E-state index >= 15 is 0 Å². The zero-order valence-corrected chi connectivity index (χ0v) is 18.9. The SMILES string of the molecule is COC(=O)c1cc(S(=O)(=O)NCCCc2csc(-c3ccc(Cl)cc3)n2)ccc1C. The Hall–Kier alpha value is -2.26. The average Bonchev–Trinajstić information content (AvgIpc) is 3.20. The van der Waals surface area contributed by atoms with Crippen molar-refractivity contribution >= 4 is 38.9 Å². The van der Waals surface area contributed by atoms with Crippen molar-refractivity contribution in [1.29, 1.82) is 0 Å². The minimum atomic E-state index is -3.73. The molecule has 0 saturated heterocycles. The van der Waals surface area contributed by atoms with Gasteiger partial charge in [0, 0.05) is 22.5 Å². The molecule has 3 rings (SSSR count). The fourth-order valence-corrected chi connectivity index (χ4v) is 4.89. The van der Waals surface area contributed by atoms with E-state index in [4.69, 9.17) is 16.3 Å². The molecule has 0 aliphatic heterocycles. The van der Waals surface area contributed by atoms with Crippen molar-refractivity contribution in [3.05, 3.63) is 69.7 Å². The van der Waals surface area contributed by atoms with Crippen LogP contribution in [0.25, 0.3) is 10.6 Å². The van der Waals surface area contributed by atoms with Crippen LogP contribution in [0.1, 0.15) is 28.0 Å². The third-order valence-corrected chi connectivity index (χ3v) is 7.12. The summed E-state index contributed by atoms with van der Waals surface area (Å²) in [5.41, 5.74) is 2.79. The Morgan fingerprint density at radius 2 is 1.93 bits per heavy atom. The van der Waals surface area contributed by atoms with E-state index in [0.29, 0.717) is 23.4 Å². The van der Waals surface area contributed by atoms with E-state index in [1.807, 2.05) is 29.6 Å². The van der Waals surface area contributed by atoms with Crippen LogP contribution in [-0.4, -0.2) is 33.0 Å². The number of methoxy groups -OCH3 is 1. The van der Waals surface area contributed by atoms with E-state index in [2.05, 4.69) is 9.71 Å². The predicted molar refractivity (Wildman–Crippen MR) is 119 cm³/mol. The molecule has 6 nitrogen and oxygen atoms in total. The number of carbonyl (C=O) groups is 1. The minimum Gasteiger partial charge on any atom is -0.465 e. The van der Waals surface area contributed by atoms with Crippen molar-refractivity contribution in [3.8, 4) is 10.6 Å². The van der Waals surface area contributed by atoms with Gasteiger partial charge in [0.15, 0.2) is 0 Å². The molecule has 1 N–H and O–H groups in total. The highest BCUT2D eigenvalue weighted by Crippen LogP contribution is 2.25. The summed E-state index contributed by atoms with van der Waals surface area (Å²) < 4.78 is 32.4. The minimum absolute atomic E-state index is 0.0344. The Kier molecular flexibility index (Phi) is 7.25. The van der Waals surface area contributed by atoms with Gasteiger partial charge in [-0.1, -0.05) is 29.8 Å². The second-order valence-electron chi connectivity index (χ2n) is 6.62. The number of hydrogen-bond donors (Lipinski definition) is 1. The second kappa shape index (κ2) is 9.70. The molecule has 0 spiro atoms. The number of hydrogen-bond acceptors (Lipinski definition) is 6. The van der Waals surface area contributed by atoms with Gasteiger partial charge in [0.05, 0.1) is 23.3 Å². The molecule has 0 atom stereocenters. The Balaban J connectivity index is 1.57. The third kappa shape index (κ3) is 5.46. The summed E-state index contributed by atoms with van der Waals surface area (Å²) in [6, 6.07) is 11.9. The van der Waals surface area contributed by atoms with E-state index in [1.54, 1.807) is 24.3 Å². The lowest BCUT2D eigenvalue weighted by Gasteiger charge is -2.09. The molecule has 0 fully saturated rings. The van der Waals surface area contributed by atoms with Gasteiger partial charge < -0.3 is 4.74 Å². The Morgan fingerprint density at radius 3 is 2.63 bits per heavy atom. The first-order valence-electron chi connectivity index (χ1n) is 9.19. The predicted octanol–water partition coefficient (Wildman–Crippen LogP) is 4.47. The van der Waals surface area contributed by atoms with Crippen LogP contribution >= 0.6 is 22.9 Å². The molecule has 0 bridgehead atoms. The standard InChI is InChI=1S/C21H21ClN2O4S2/c1-14-5-10-18(12-19(14)21(25)28-2)30(26,27)23-11-3-4-17-13-29-20(24-17)15-6-8-16(22)9-7-15/h5-10,12-13,23H,3-4,11H2,1-2H3. The molecule has 0 unspecified atom stereocenters. The van der Waals surface area contributed by atoms with Crippen molar-refractivity contribution < 1.29 is 17.9 Å². The quantitative estimate of drug-likeness (QED) is 0.392. The average molecular weight is 465 g/mol. The van der Waals surface area contributed by atoms with Gasteiger partial charge in [0.2, 0.25) is 10.0 Å². The molecule has 1 aromatic heterocycles. The maximum absolute atomic E-state index is 12.5. The van der Waals surface area contributed by atoms with Crippen LogP contribution < -0.4 is 4.72 Å². The molecule has 0 aliphatic rings. The van der Waals surface area contributed by atoms with Gasteiger partial charge in [0.25, 0.3) is 0 Å². The molecule has 3 aromatic rings. The Labute approximate surface area is 184 Å². The number of nitrogens with one attached hydrogen (secondary N) is 1. The molecule has 30 heavy (non-hydrogen) atoms. The number of aromatic nitrogens is 1. The lowest BCUT2D eigenvalue weighted by atomic mass is 10.1. The number of carbonyl (C=O) groups excluding carboxylic acids is 1. The molecule has 2 aromatic carbocycles. The van der Waals surface area contributed by atoms with Gasteiger partial charge in [-0.15, -0.1) is 11.3 Å². The van der Waals surface area contributed by atoms with Crippen LogP contribution in [0, 0.1) is 6.92 Å². The molecule has 0 saturated carbocycles. The third-order valence-electron chi connectivity index (χ3n) is 4.47. The van der Waals surface area contributed by atoms with E-state index in [0.717, 1.165) is 16.3 Å². The maximum Gasteiger partial charge on any atom is 0.338 e. The van der Waals surface area contributed by atoms with E-state index in [-0.39, 0.29) is 17.0 Å². The van der Waals surface area contributed by atoms with Crippen LogP contribution in [0.5, 0.6) is 0 Å². The Morgan fingerprint density at radius 1 is 1.20 bits per heavy atom. The smallest absolute Gasteiger partial charge is 0.338 e. The van der Waals surface area contributed by atoms with Crippen molar-refractivity contribution in [2.24, 2.45) is 0 Å². The summed E-state index contributed by atoms with van der Waals surface area (Å²) in [5, 5.41) is 3.55. The Bertz CT molecular complexity index is 1140. The van der Waals surface area contributed by atoms with Crippen molar-refractivity contribution in [2.75, 3.05) is 13.7 Å². The number of rotatable bonds is 8. The van der Waals surface area contributed by atoms with Gasteiger partial charge in [0.1, 0.15) is 5.01 Å². The van der Waals surface area contributed by atoms with Gasteiger partial charge >= 0.3 is 5.97 Å². The molecule has 1 heterocycles. The molecule has 158 valence electrons. The first-order chi connectivity index (χ1) is 14.3. The summed E-state index contributed by atoms with van der Waals surface area (Å²) in [6.45, 7) is 1.99. The van der Waals surface area contributed by atoms with Crippen molar-refractivity contribution in [2.45, 2.75) is 24.7 Å². The largest absolute Gasteiger partial charge is 0.465 e. The normalized spacial score (nSPS) is 11.4. The summed E-state index contributed by atoms with van der Waals surface area (Å²) in [4.78, 5) is 16.4. The van der Waals surface area contributed by atoms with Crippen molar-refractivity contribution in [1.82, 2.24) is 9.71 Å². The molecule has 0 amide bonds. The van der Waals surface area contributed by atoms with Crippen LogP contribution in [0.15, 0.2) is 52.7 Å². The van der Waals surface area contributed by atoms with Gasteiger partial charge in [-0.25, -0.2) is 22.9 Å². The summed E-state index contributed by atoms with van der Waals surface area (Å²) in [7, 11) is -2.46. The van der Waals surface area contributed by atoms with Crippen LogP contribution in [0.2, 0.25) is 5.02 Å². The lowest BCUT2D eigenvalue weighted by molar-refractivity contribution is 0.0599. The summed E-state index contributed by atoms with van der Waals surface area (Å²) in [5.74, 6) is -0.565. The number of thiazole rings is 1. The van der Waals surface area contributed by atoms with Crippen molar-refractivity contribution in [3.63, 3.8) is 0 Å². The van der Waals surface area contributed by atoms with Gasteiger partial charge in [-0.05, 0) is 49.6 Å². The monoisotopic (exact) mass is 464 g/mol. The highest BCUT2D eigenvalue weighted by molar-refractivity contribution is 7.89. The summed E-state index contributed by atoms with van der Waals surface area (Å²) >= 11 is 7.45. The van der Waals surface area contributed by atoms with E-state index in [1.165, 1.54) is 19.2 Å². The van der Waals surface area contributed by atoms with E-state index < -0.39 is 16.0 Å². The van der Waals surface area contributed by atoms with Gasteiger partial charge in [-0.2, -0.15) is 0 Å². The van der Waals surface area contributed by atoms with Crippen LogP contribution in [0.4, 0.5) is 0 Å². The highest BCUT2D eigenvalue weighted by atomic mass is 35.5. The first kappa shape index (κ1) is 22.4. The molecular formula is C21H21ClN2O4S2. The molecule has 0 aliphatic carbocycles. The number of ether oxygens (including phenoxy) is 1. The lowest BCUT2D eigenvalue weighted by Crippen LogP contribution is -2.25. The number of aryl methyl sites for hydroxylation is 2. The number of nitrogens with zero attached hydrogens (tertiary/aromatic N) is 1. The second-order valence-corrected chi connectivity index (χ2v) is 9.68. The number of halogens is 1. The van der Waals surface area contributed by atoms with Crippen LogP contribution in [-0.2, 0) is 21.2 Å². The zero-order valence-electron chi connectivity index (χ0n) is 16.5. The molecule has 0 radical (unpaired) electrons. The number of sulfonamides is 1. The molecule has 9 heteroatoms. The number of benzene rings is 2. The van der Waals surface area contributed by atoms with E-state index in [9.17, 15) is 13.2 Å². The zero-order chi connectivity index (χ0) is 21.7. The fourth-order valence-electron chi connectivity index (χ4n) is 2.80. The topological polar surface area (TPSA) is 85.4 Å². The van der Waals surface area contributed by atoms with Gasteiger partial charge in [-0.3, -0.25) is 0 Å². The first-order valence-corrected chi connectivity index (χ1v) is 11.9. The maximum atomic E-state index is 12.5. The number of esters is 1. The molecular weight excluding hydrogens is 444 g/mol. The fraction of sp³-hybridized carbons (Fsp3) is 0.238.